The second-order valence-corrected chi connectivity index (χ2v) is 21.2. The van der Waals surface area contributed by atoms with Gasteiger partial charge < -0.3 is 39.9 Å². The third-order valence-electron chi connectivity index (χ3n) is 13.3. The van der Waals surface area contributed by atoms with Crippen LogP contribution in [0.3, 0.4) is 0 Å². The first-order valence-corrected chi connectivity index (χ1v) is 29.6. The quantitative estimate of drug-likeness (QED) is 0.0145. The number of aliphatic hydroxyl groups excluding tert-OH is 5. The first-order chi connectivity index (χ1) is 33.4. The Bertz CT molecular complexity index is 1300. The minimum atomic E-state index is -5.12. The van der Waals surface area contributed by atoms with Gasteiger partial charge in [0.15, 0.2) is 6.10 Å². The van der Waals surface area contributed by atoms with Gasteiger partial charge in [0, 0.05) is 12.8 Å². The van der Waals surface area contributed by atoms with Crippen molar-refractivity contribution in [3.8, 4) is 0 Å². The molecule has 1 rings (SSSR count). The molecule has 0 aromatic rings. The first-order valence-electron chi connectivity index (χ1n) is 28.1. The fourth-order valence-electron chi connectivity index (χ4n) is 8.79. The van der Waals surface area contributed by atoms with E-state index in [-0.39, 0.29) is 12.8 Å². The predicted octanol–water partition coefficient (Wildman–Crippen LogP) is 12.7. The highest BCUT2D eigenvalue weighted by Gasteiger charge is 2.51. The lowest BCUT2D eigenvalue weighted by atomic mass is 9.85. The van der Waals surface area contributed by atoms with E-state index in [2.05, 4.69) is 38.2 Å². The first kappa shape index (κ1) is 65.3. The van der Waals surface area contributed by atoms with E-state index in [9.17, 15) is 44.6 Å². The number of phosphoric ester groups is 1. The van der Waals surface area contributed by atoms with E-state index in [1.807, 2.05) is 0 Å². The average molecular weight is 1000 g/mol. The van der Waals surface area contributed by atoms with E-state index < -0.39 is 75.7 Å². The van der Waals surface area contributed by atoms with Gasteiger partial charge >= 0.3 is 19.8 Å². The van der Waals surface area contributed by atoms with Gasteiger partial charge in [-0.2, -0.15) is 0 Å². The number of allylic oxidation sites excluding steroid dienone is 4. The fraction of sp³-hybridized carbons (Fsp3) is 0.891. The molecule has 1 fully saturated rings. The van der Waals surface area contributed by atoms with Crippen molar-refractivity contribution in [2.24, 2.45) is 0 Å². The summed E-state index contributed by atoms with van der Waals surface area (Å²) >= 11 is 0. The van der Waals surface area contributed by atoms with E-state index in [1.54, 1.807) is 0 Å². The monoisotopic (exact) mass is 1000 g/mol. The molecular formula is C55H103O13P. The molecule has 0 spiro atoms. The smallest absolute Gasteiger partial charge is 0.462 e. The number of aliphatic hydroxyl groups is 5. The summed E-state index contributed by atoms with van der Waals surface area (Å²) in [5.41, 5.74) is 0. The summed E-state index contributed by atoms with van der Waals surface area (Å²) in [7, 11) is -5.12. The summed E-state index contributed by atoms with van der Waals surface area (Å²) in [6.45, 7) is 3.32. The Labute approximate surface area is 419 Å². The van der Waals surface area contributed by atoms with E-state index >= 15 is 0 Å². The molecule has 0 saturated heterocycles. The largest absolute Gasteiger partial charge is 0.472 e. The van der Waals surface area contributed by atoms with Gasteiger partial charge in [0.1, 0.15) is 43.2 Å². The highest BCUT2D eigenvalue weighted by atomic mass is 31.2. The maximum atomic E-state index is 12.9. The van der Waals surface area contributed by atoms with Crippen molar-refractivity contribution < 1.29 is 63.1 Å². The number of esters is 2. The Balaban J connectivity index is 2.32. The van der Waals surface area contributed by atoms with Crippen molar-refractivity contribution in [3.05, 3.63) is 24.3 Å². The van der Waals surface area contributed by atoms with Crippen LogP contribution in [-0.4, -0.2) is 98.3 Å². The number of carbonyl (C=O) groups excluding carboxylic acids is 2. The summed E-state index contributed by atoms with van der Waals surface area (Å²) in [6, 6.07) is 0. The molecule has 0 heterocycles. The van der Waals surface area contributed by atoms with Crippen molar-refractivity contribution in [1.29, 1.82) is 0 Å². The van der Waals surface area contributed by atoms with Crippen LogP contribution in [0.15, 0.2) is 24.3 Å². The molecule has 0 aromatic carbocycles. The molecule has 0 amide bonds. The molecular weight excluding hydrogens is 900 g/mol. The molecule has 1 aliphatic rings. The van der Waals surface area contributed by atoms with Crippen LogP contribution >= 0.6 is 7.82 Å². The predicted molar refractivity (Wildman–Crippen MR) is 277 cm³/mol. The van der Waals surface area contributed by atoms with Crippen LogP contribution in [0.4, 0.5) is 0 Å². The van der Waals surface area contributed by atoms with Gasteiger partial charge in [-0.25, -0.2) is 4.57 Å². The van der Waals surface area contributed by atoms with Gasteiger partial charge in [-0.15, -0.1) is 0 Å². The van der Waals surface area contributed by atoms with E-state index in [4.69, 9.17) is 18.5 Å². The summed E-state index contributed by atoms with van der Waals surface area (Å²) < 4.78 is 33.7. The molecule has 6 unspecified atom stereocenters. The van der Waals surface area contributed by atoms with E-state index in [0.29, 0.717) is 12.8 Å². The van der Waals surface area contributed by atoms with Crippen molar-refractivity contribution in [2.45, 2.75) is 301 Å². The summed E-state index contributed by atoms with van der Waals surface area (Å²) in [5.74, 6) is -1.09. The van der Waals surface area contributed by atoms with Gasteiger partial charge in [-0.1, -0.05) is 224 Å². The topological polar surface area (TPSA) is 210 Å². The lowest BCUT2D eigenvalue weighted by molar-refractivity contribution is -0.220. The maximum absolute atomic E-state index is 12.9. The summed E-state index contributed by atoms with van der Waals surface area (Å²) in [6.07, 6.45) is 39.4. The van der Waals surface area contributed by atoms with Crippen molar-refractivity contribution >= 4 is 19.8 Å². The van der Waals surface area contributed by atoms with Crippen molar-refractivity contribution in [2.75, 3.05) is 13.2 Å². The summed E-state index contributed by atoms with van der Waals surface area (Å²) in [5, 5.41) is 50.3. The fourth-order valence-corrected chi connectivity index (χ4v) is 9.76. The number of hydrogen-bond acceptors (Lipinski definition) is 12. The normalized spacial score (nSPS) is 21.0. The molecule has 0 radical (unpaired) electrons. The molecule has 0 aliphatic heterocycles. The van der Waals surface area contributed by atoms with Crippen LogP contribution in [0.5, 0.6) is 0 Å². The number of phosphoric acid groups is 1. The minimum Gasteiger partial charge on any atom is -0.462 e. The molecule has 406 valence electrons. The minimum absolute atomic E-state index is 0.0909. The Hall–Kier alpha value is -1.67. The van der Waals surface area contributed by atoms with Crippen LogP contribution in [0.25, 0.3) is 0 Å². The molecule has 6 N–H and O–H groups in total. The SMILES string of the molecule is CCCCC/C=C\C/C=C\CCCCCCCCCC(=O)OC(COC(=O)CCCCCCCCCCCCCCCCCCCCCCCCC)COP(=O)(O)OC1C(O)C(O)C(O)C(O)C1O. The molecule has 13 nitrogen and oxygen atoms in total. The Morgan fingerprint density at radius 2 is 0.783 bits per heavy atom. The lowest BCUT2D eigenvalue weighted by Gasteiger charge is -2.41. The summed E-state index contributed by atoms with van der Waals surface area (Å²) in [4.78, 5) is 35.9. The van der Waals surface area contributed by atoms with E-state index in [1.165, 1.54) is 141 Å². The Kier molecular flexibility index (Phi) is 42.6. The molecule has 14 heteroatoms. The third kappa shape index (κ3) is 36.8. The van der Waals surface area contributed by atoms with Gasteiger partial charge in [0.25, 0.3) is 0 Å². The standard InChI is InChI=1S/C55H103O13P/c1-3-5-7-9-11-13-15-17-19-21-22-23-24-25-26-28-29-31-33-35-37-39-41-43-48(56)65-45-47(46-66-69(63,64)68-55-53(61)51(59)50(58)52(60)54(55)62)67-49(57)44-42-40-38-36-34-32-30-27-20-18-16-14-12-10-8-6-4-2/h12,14,18,20,47,50-55,58-62H,3-11,13,15-17,19,21-46H2,1-2H3,(H,63,64)/b14-12-,20-18-. The Morgan fingerprint density at radius 3 is 1.20 bits per heavy atom. The van der Waals surface area contributed by atoms with Crippen LogP contribution in [0.2, 0.25) is 0 Å². The van der Waals surface area contributed by atoms with Crippen molar-refractivity contribution in [1.82, 2.24) is 0 Å². The number of carbonyl (C=O) groups is 2. The zero-order valence-corrected chi connectivity index (χ0v) is 44.5. The van der Waals surface area contributed by atoms with Crippen molar-refractivity contribution in [3.63, 3.8) is 0 Å². The number of hydrogen-bond donors (Lipinski definition) is 6. The second-order valence-electron chi connectivity index (χ2n) is 19.8. The Morgan fingerprint density at radius 1 is 0.449 bits per heavy atom. The van der Waals surface area contributed by atoms with Crippen LogP contribution in [0.1, 0.15) is 258 Å². The number of rotatable bonds is 48. The molecule has 0 aromatic heterocycles. The molecule has 1 saturated carbocycles. The van der Waals surface area contributed by atoms with Gasteiger partial charge in [-0.3, -0.25) is 18.6 Å². The second kappa shape index (κ2) is 45.0. The van der Waals surface area contributed by atoms with Crippen LogP contribution < -0.4 is 0 Å². The number of ether oxygens (including phenoxy) is 2. The van der Waals surface area contributed by atoms with Gasteiger partial charge in [-0.05, 0) is 44.9 Å². The zero-order chi connectivity index (χ0) is 50.6. The molecule has 1 aliphatic carbocycles. The average Bonchev–Trinajstić information content (AvgIpc) is 3.33. The van der Waals surface area contributed by atoms with Crippen LogP contribution in [-0.2, 0) is 32.7 Å². The van der Waals surface area contributed by atoms with Gasteiger partial charge in [0.2, 0.25) is 0 Å². The molecule has 69 heavy (non-hydrogen) atoms. The highest BCUT2D eigenvalue weighted by Crippen LogP contribution is 2.47. The van der Waals surface area contributed by atoms with Crippen LogP contribution in [0, 0.1) is 0 Å². The lowest BCUT2D eigenvalue weighted by Crippen LogP contribution is -2.64. The highest BCUT2D eigenvalue weighted by molar-refractivity contribution is 7.47. The molecule has 0 bridgehead atoms. The number of unbranched alkanes of at least 4 members (excludes halogenated alkanes) is 32. The van der Waals surface area contributed by atoms with E-state index in [0.717, 1.165) is 77.0 Å². The zero-order valence-electron chi connectivity index (χ0n) is 43.6. The third-order valence-corrected chi connectivity index (χ3v) is 14.3. The maximum Gasteiger partial charge on any atom is 0.472 e. The molecule has 6 atom stereocenters. The van der Waals surface area contributed by atoms with Gasteiger partial charge in [0.05, 0.1) is 6.61 Å².